The van der Waals surface area contributed by atoms with E-state index >= 15 is 4.39 Å². The molecule has 2 aromatic heterocycles. The van der Waals surface area contributed by atoms with Gasteiger partial charge in [0.2, 0.25) is 0 Å². The zero-order valence-electron chi connectivity index (χ0n) is 19.3. The van der Waals surface area contributed by atoms with Crippen LogP contribution in [0.2, 0.25) is 10.0 Å². The molecule has 5 rings (SSSR count). The van der Waals surface area contributed by atoms with E-state index in [1.807, 2.05) is 18.2 Å². The van der Waals surface area contributed by atoms with Crippen molar-refractivity contribution >= 4 is 40.2 Å². The van der Waals surface area contributed by atoms with Crippen molar-refractivity contribution in [3.05, 3.63) is 88.3 Å². The highest BCUT2D eigenvalue weighted by molar-refractivity contribution is 6.31. The quantitative estimate of drug-likeness (QED) is 0.247. The normalized spacial score (nSPS) is 11.1. The third-order valence-electron chi connectivity index (χ3n) is 5.86. The highest BCUT2D eigenvalue weighted by Crippen LogP contribution is 2.37. The number of hydrogen-bond acceptors (Lipinski definition) is 4. The van der Waals surface area contributed by atoms with Crippen molar-refractivity contribution in [3.8, 4) is 34.1 Å². The van der Waals surface area contributed by atoms with Gasteiger partial charge in [-0.25, -0.2) is 9.37 Å². The van der Waals surface area contributed by atoms with Gasteiger partial charge in [-0.3, -0.25) is 4.79 Å². The van der Waals surface area contributed by atoms with Crippen LogP contribution in [0.5, 0.6) is 5.75 Å². The van der Waals surface area contributed by atoms with Gasteiger partial charge in [0.1, 0.15) is 17.1 Å². The highest BCUT2D eigenvalue weighted by atomic mass is 35.5. The standard InChI is InChI=1S/C27H20Cl2FN3O3/c1-35-22-11-6-15(13-23(34)36-2)12-18(22)27-31-20-14-33(21-5-3-4-19(29)24(21)30)26(25(20)32-27)16-7-9-17(28)10-8-16/h3-12,14H,13H2,1-2H3,(H,31,32). The van der Waals surface area contributed by atoms with Crippen LogP contribution in [-0.2, 0) is 16.0 Å². The number of rotatable bonds is 6. The lowest BCUT2D eigenvalue weighted by Crippen LogP contribution is -2.04. The number of nitrogens with zero attached hydrogens (tertiary/aromatic N) is 2. The van der Waals surface area contributed by atoms with Gasteiger partial charge in [-0.2, -0.15) is 0 Å². The van der Waals surface area contributed by atoms with Crippen molar-refractivity contribution in [3.63, 3.8) is 0 Å². The smallest absolute Gasteiger partial charge is 0.309 e. The van der Waals surface area contributed by atoms with Gasteiger partial charge < -0.3 is 19.0 Å². The fourth-order valence-electron chi connectivity index (χ4n) is 4.14. The molecule has 0 bridgehead atoms. The SMILES string of the molecule is COC(=O)Cc1ccc(OC)c(-c2nc3c(-c4ccc(Cl)cc4)n(-c4cccc(Cl)c4F)cc3[nH]2)c1. The molecule has 182 valence electrons. The number of esters is 1. The molecule has 0 amide bonds. The Hall–Kier alpha value is -3.81. The van der Waals surface area contributed by atoms with E-state index in [-0.39, 0.29) is 23.1 Å². The van der Waals surface area contributed by atoms with Gasteiger partial charge in [-0.05, 0) is 42.0 Å². The van der Waals surface area contributed by atoms with E-state index in [1.54, 1.807) is 54.3 Å². The third kappa shape index (κ3) is 4.32. The first-order chi connectivity index (χ1) is 17.4. The van der Waals surface area contributed by atoms with Crippen molar-refractivity contribution in [2.45, 2.75) is 6.42 Å². The Labute approximate surface area is 216 Å². The minimum atomic E-state index is -0.538. The first-order valence-electron chi connectivity index (χ1n) is 10.9. The number of hydrogen-bond donors (Lipinski definition) is 1. The number of imidazole rings is 1. The molecular weight excluding hydrogens is 504 g/mol. The molecule has 5 aromatic rings. The molecule has 0 spiro atoms. The molecule has 0 atom stereocenters. The molecule has 0 fully saturated rings. The molecule has 1 N–H and O–H groups in total. The second-order valence-corrected chi connectivity index (χ2v) is 8.91. The van der Waals surface area contributed by atoms with Crippen molar-refractivity contribution in [1.29, 1.82) is 0 Å². The average Bonchev–Trinajstić information content (AvgIpc) is 3.44. The number of carbonyl (C=O) groups is 1. The van der Waals surface area contributed by atoms with Gasteiger partial charge in [-0.15, -0.1) is 0 Å². The third-order valence-corrected chi connectivity index (χ3v) is 6.40. The van der Waals surface area contributed by atoms with E-state index < -0.39 is 5.82 Å². The number of methoxy groups -OCH3 is 2. The molecule has 0 aliphatic carbocycles. The summed E-state index contributed by atoms with van der Waals surface area (Å²) in [6.45, 7) is 0. The molecule has 0 aliphatic heterocycles. The van der Waals surface area contributed by atoms with Crippen molar-refractivity contribution in [2.24, 2.45) is 0 Å². The summed E-state index contributed by atoms with van der Waals surface area (Å²) in [6.07, 6.45) is 1.89. The van der Waals surface area contributed by atoms with Gasteiger partial charge in [0.25, 0.3) is 0 Å². The lowest BCUT2D eigenvalue weighted by Gasteiger charge is -2.12. The molecule has 9 heteroatoms. The monoisotopic (exact) mass is 523 g/mol. The zero-order chi connectivity index (χ0) is 25.4. The number of aromatic nitrogens is 3. The van der Waals surface area contributed by atoms with Crippen LogP contribution in [0.1, 0.15) is 5.56 Å². The van der Waals surface area contributed by atoms with Crippen molar-refractivity contribution in [2.75, 3.05) is 14.2 Å². The minimum absolute atomic E-state index is 0.0210. The molecule has 0 aliphatic rings. The molecule has 6 nitrogen and oxygen atoms in total. The number of H-pyrrole nitrogens is 1. The van der Waals surface area contributed by atoms with E-state index in [0.29, 0.717) is 38.9 Å². The van der Waals surface area contributed by atoms with Crippen molar-refractivity contribution < 1.29 is 18.7 Å². The molecule has 0 unspecified atom stereocenters. The van der Waals surface area contributed by atoms with E-state index in [9.17, 15) is 4.79 Å². The largest absolute Gasteiger partial charge is 0.496 e. The first kappa shape index (κ1) is 23.9. The zero-order valence-corrected chi connectivity index (χ0v) is 20.8. The average molecular weight is 524 g/mol. The number of aromatic amines is 1. The number of nitrogens with one attached hydrogen (secondary N) is 1. The van der Waals surface area contributed by atoms with Crippen LogP contribution in [-0.4, -0.2) is 34.7 Å². The summed E-state index contributed by atoms with van der Waals surface area (Å²) in [6, 6.07) is 17.5. The summed E-state index contributed by atoms with van der Waals surface area (Å²) < 4.78 is 27.1. The maximum absolute atomic E-state index is 15.0. The Morgan fingerprint density at radius 2 is 1.86 bits per heavy atom. The van der Waals surface area contributed by atoms with Gasteiger partial charge in [0, 0.05) is 16.8 Å². The molecule has 36 heavy (non-hydrogen) atoms. The van der Waals surface area contributed by atoms with Gasteiger partial charge >= 0.3 is 5.97 Å². The Kier molecular flexibility index (Phi) is 6.43. The summed E-state index contributed by atoms with van der Waals surface area (Å²) in [5.74, 6) is 0.239. The number of benzene rings is 3. The van der Waals surface area contributed by atoms with Crippen LogP contribution < -0.4 is 4.74 Å². The summed E-state index contributed by atoms with van der Waals surface area (Å²) in [5, 5.41) is 0.602. The molecular formula is C27H20Cl2FN3O3. The minimum Gasteiger partial charge on any atom is -0.496 e. The van der Waals surface area contributed by atoms with Crippen LogP contribution in [0.3, 0.4) is 0 Å². The van der Waals surface area contributed by atoms with Gasteiger partial charge in [-0.1, -0.05) is 47.5 Å². The number of fused-ring (bicyclic) bond motifs is 1. The topological polar surface area (TPSA) is 69.1 Å². The predicted octanol–water partition coefficient (Wildman–Crippen LogP) is 6.86. The summed E-state index contributed by atoms with van der Waals surface area (Å²) in [4.78, 5) is 20.0. The van der Waals surface area contributed by atoms with Crippen LogP contribution in [0, 0.1) is 5.82 Å². The van der Waals surface area contributed by atoms with E-state index in [2.05, 4.69) is 4.98 Å². The lowest BCUT2D eigenvalue weighted by atomic mass is 10.1. The Morgan fingerprint density at radius 3 is 2.58 bits per heavy atom. The Morgan fingerprint density at radius 1 is 1.08 bits per heavy atom. The van der Waals surface area contributed by atoms with E-state index in [1.165, 1.54) is 13.2 Å². The van der Waals surface area contributed by atoms with Crippen LogP contribution >= 0.6 is 23.2 Å². The Bertz CT molecular complexity index is 1590. The van der Waals surface area contributed by atoms with E-state index in [4.69, 9.17) is 37.7 Å². The number of halogens is 3. The molecule has 0 saturated heterocycles. The van der Waals surface area contributed by atoms with Gasteiger partial charge in [0.05, 0.1) is 48.1 Å². The maximum Gasteiger partial charge on any atom is 0.309 e. The maximum atomic E-state index is 15.0. The van der Waals surface area contributed by atoms with E-state index in [0.717, 1.165) is 11.1 Å². The molecule has 2 heterocycles. The van der Waals surface area contributed by atoms with Gasteiger partial charge in [0.15, 0.2) is 5.82 Å². The number of carbonyl (C=O) groups excluding carboxylic acids is 1. The summed E-state index contributed by atoms with van der Waals surface area (Å²) in [7, 11) is 2.92. The van der Waals surface area contributed by atoms with Crippen LogP contribution in [0.15, 0.2) is 66.9 Å². The second kappa shape index (κ2) is 9.68. The molecule has 3 aromatic carbocycles. The Balaban J connectivity index is 1.71. The molecule has 0 saturated carbocycles. The first-order valence-corrected chi connectivity index (χ1v) is 11.7. The number of ether oxygens (including phenoxy) is 2. The van der Waals surface area contributed by atoms with Crippen LogP contribution in [0.4, 0.5) is 4.39 Å². The predicted molar refractivity (Wildman–Crippen MR) is 139 cm³/mol. The summed E-state index contributed by atoms with van der Waals surface area (Å²) in [5.41, 5.74) is 4.47. The fraction of sp³-hybridized carbons (Fsp3) is 0.111. The fourth-order valence-corrected chi connectivity index (χ4v) is 4.43. The van der Waals surface area contributed by atoms with Crippen molar-refractivity contribution in [1.82, 2.24) is 14.5 Å². The molecule has 0 radical (unpaired) electrons. The van der Waals surface area contributed by atoms with Crippen LogP contribution in [0.25, 0.3) is 39.4 Å². The highest BCUT2D eigenvalue weighted by Gasteiger charge is 2.21. The lowest BCUT2D eigenvalue weighted by molar-refractivity contribution is -0.139. The summed E-state index contributed by atoms with van der Waals surface area (Å²) >= 11 is 12.2. The second-order valence-electron chi connectivity index (χ2n) is 8.06.